The van der Waals surface area contributed by atoms with Crippen LogP contribution in [0.2, 0.25) is 0 Å². The number of methoxy groups -OCH3 is 1. The second-order valence-corrected chi connectivity index (χ2v) is 10.4. The van der Waals surface area contributed by atoms with Crippen LogP contribution in [0.5, 0.6) is 5.75 Å². The maximum absolute atomic E-state index is 15.8. The minimum atomic E-state index is -0.966. The molecule has 4 aromatic rings. The van der Waals surface area contributed by atoms with Gasteiger partial charge in [0.1, 0.15) is 17.4 Å². The zero-order chi connectivity index (χ0) is 29.3. The molecule has 0 spiro atoms. The smallest absolute Gasteiger partial charge is 0.316 e. The Bertz CT molecular complexity index is 1590. The minimum absolute atomic E-state index is 0.0821. The standard InChI is InChI=1S/C32H35F2N5O2/c1-5-20-8-7-9-21(6-2)30(20)39-31(24-15-27(34)29(16-26(24)33)36-32(35)40)25-18-38(13-12-28(25)37-39)17-22-14-23(41-4)11-10-19(22)3/h7-11,14-16H,5-6,12-13,17-18H2,1-4H3,(H3,35,36,40). The molecule has 2 heterocycles. The number of rotatable bonds is 8. The molecule has 0 fully saturated rings. The Labute approximate surface area is 238 Å². The van der Waals surface area contributed by atoms with Crippen LogP contribution in [0, 0.1) is 18.6 Å². The van der Waals surface area contributed by atoms with Crippen molar-refractivity contribution < 1.29 is 18.3 Å². The van der Waals surface area contributed by atoms with Crippen LogP contribution >= 0.6 is 0 Å². The molecule has 1 aromatic heterocycles. The van der Waals surface area contributed by atoms with E-state index < -0.39 is 17.7 Å². The lowest BCUT2D eigenvalue weighted by atomic mass is 9.98. The Morgan fingerprint density at radius 1 is 1.05 bits per heavy atom. The number of amides is 2. The number of hydrogen-bond donors (Lipinski definition) is 2. The summed E-state index contributed by atoms with van der Waals surface area (Å²) in [4.78, 5) is 13.7. The number of aryl methyl sites for hydroxylation is 3. The van der Waals surface area contributed by atoms with Crippen LogP contribution in [0.1, 0.15) is 47.4 Å². The van der Waals surface area contributed by atoms with E-state index in [4.69, 9.17) is 15.6 Å². The monoisotopic (exact) mass is 559 g/mol. The summed E-state index contributed by atoms with van der Waals surface area (Å²) in [5.74, 6) is -0.657. The summed E-state index contributed by atoms with van der Waals surface area (Å²) in [5.41, 5.74) is 12.5. The fourth-order valence-corrected chi connectivity index (χ4v) is 5.63. The molecule has 2 amide bonds. The van der Waals surface area contributed by atoms with Crippen molar-refractivity contribution in [2.45, 2.75) is 53.1 Å². The first-order chi connectivity index (χ1) is 19.7. The molecule has 41 heavy (non-hydrogen) atoms. The summed E-state index contributed by atoms with van der Waals surface area (Å²) in [7, 11) is 1.65. The number of urea groups is 1. The number of nitrogens with zero attached hydrogens (tertiary/aromatic N) is 3. The highest BCUT2D eigenvalue weighted by Gasteiger charge is 2.30. The number of ether oxygens (including phenoxy) is 1. The number of halogens is 2. The quantitative estimate of drug-likeness (QED) is 0.265. The van der Waals surface area contributed by atoms with E-state index in [1.54, 1.807) is 7.11 Å². The van der Waals surface area contributed by atoms with E-state index in [2.05, 4.69) is 31.0 Å². The zero-order valence-electron chi connectivity index (χ0n) is 23.9. The summed E-state index contributed by atoms with van der Waals surface area (Å²) in [5, 5.41) is 7.20. The zero-order valence-corrected chi connectivity index (χ0v) is 23.9. The number of fused-ring (bicyclic) bond motifs is 1. The van der Waals surface area contributed by atoms with Crippen LogP contribution in [0.3, 0.4) is 0 Å². The van der Waals surface area contributed by atoms with Crippen LogP contribution in [0.15, 0.2) is 48.5 Å². The van der Waals surface area contributed by atoms with E-state index in [0.717, 1.165) is 76.5 Å². The first kappa shape index (κ1) is 28.3. The normalized spacial score (nSPS) is 13.2. The van der Waals surface area contributed by atoms with Gasteiger partial charge in [0.25, 0.3) is 0 Å². The van der Waals surface area contributed by atoms with Gasteiger partial charge in [0.2, 0.25) is 0 Å². The van der Waals surface area contributed by atoms with Gasteiger partial charge >= 0.3 is 6.03 Å². The third-order valence-corrected chi connectivity index (χ3v) is 7.81. The van der Waals surface area contributed by atoms with E-state index in [9.17, 15) is 4.79 Å². The first-order valence-electron chi connectivity index (χ1n) is 13.9. The second-order valence-electron chi connectivity index (χ2n) is 10.4. The molecule has 3 N–H and O–H groups in total. The highest BCUT2D eigenvalue weighted by atomic mass is 19.1. The van der Waals surface area contributed by atoms with Crippen molar-refractivity contribution in [3.8, 4) is 22.7 Å². The van der Waals surface area contributed by atoms with E-state index in [1.165, 1.54) is 0 Å². The highest BCUT2D eigenvalue weighted by molar-refractivity contribution is 5.88. The van der Waals surface area contributed by atoms with Gasteiger partial charge in [-0.15, -0.1) is 0 Å². The average Bonchev–Trinajstić information content (AvgIpc) is 3.33. The molecule has 214 valence electrons. The first-order valence-corrected chi connectivity index (χ1v) is 13.9. The molecule has 0 unspecified atom stereocenters. The Balaban J connectivity index is 1.67. The predicted octanol–water partition coefficient (Wildman–Crippen LogP) is 6.31. The molecule has 0 saturated carbocycles. The van der Waals surface area contributed by atoms with E-state index in [-0.39, 0.29) is 11.3 Å². The number of primary amides is 1. The van der Waals surface area contributed by atoms with Crippen LogP contribution in [0.4, 0.5) is 19.3 Å². The van der Waals surface area contributed by atoms with Gasteiger partial charge in [-0.2, -0.15) is 5.10 Å². The molecule has 7 nitrogen and oxygen atoms in total. The van der Waals surface area contributed by atoms with Gasteiger partial charge in [-0.05, 0) is 60.2 Å². The fourth-order valence-electron chi connectivity index (χ4n) is 5.63. The van der Waals surface area contributed by atoms with Crippen molar-refractivity contribution in [2.24, 2.45) is 5.73 Å². The van der Waals surface area contributed by atoms with Crippen LogP contribution in [-0.2, 0) is 32.4 Å². The molecule has 0 atom stereocenters. The summed E-state index contributed by atoms with van der Waals surface area (Å²) in [6, 6.07) is 13.3. The molecular formula is C32H35F2N5O2. The van der Waals surface area contributed by atoms with Gasteiger partial charge in [-0.3, -0.25) is 4.90 Å². The number of anilines is 1. The van der Waals surface area contributed by atoms with Gasteiger partial charge in [-0.25, -0.2) is 18.3 Å². The van der Waals surface area contributed by atoms with Crippen molar-refractivity contribution in [3.63, 3.8) is 0 Å². The Morgan fingerprint density at radius 3 is 2.44 bits per heavy atom. The van der Waals surface area contributed by atoms with Crippen molar-refractivity contribution >= 4 is 11.7 Å². The number of nitrogens with one attached hydrogen (secondary N) is 1. The number of benzene rings is 3. The fraction of sp³-hybridized carbons (Fsp3) is 0.312. The number of para-hydroxylation sites is 1. The second kappa shape index (κ2) is 11.7. The Morgan fingerprint density at radius 2 is 1.78 bits per heavy atom. The maximum Gasteiger partial charge on any atom is 0.316 e. The van der Waals surface area contributed by atoms with Gasteiger partial charge in [-0.1, -0.05) is 38.1 Å². The van der Waals surface area contributed by atoms with Gasteiger partial charge in [0.15, 0.2) is 0 Å². The summed E-state index contributed by atoms with van der Waals surface area (Å²) >= 11 is 0. The number of aromatic nitrogens is 2. The molecule has 0 radical (unpaired) electrons. The van der Waals surface area contributed by atoms with Gasteiger partial charge < -0.3 is 15.8 Å². The molecule has 3 aromatic carbocycles. The van der Waals surface area contributed by atoms with Gasteiger partial charge in [0.05, 0.1) is 29.9 Å². The lowest BCUT2D eigenvalue weighted by molar-refractivity contribution is 0.244. The number of carbonyl (C=O) groups is 1. The Kier molecular flexibility index (Phi) is 8.08. The molecule has 1 aliphatic heterocycles. The molecule has 1 aliphatic rings. The van der Waals surface area contributed by atoms with Crippen LogP contribution in [-0.4, -0.2) is 34.4 Å². The van der Waals surface area contributed by atoms with Crippen molar-refractivity contribution in [1.82, 2.24) is 14.7 Å². The largest absolute Gasteiger partial charge is 0.497 e. The van der Waals surface area contributed by atoms with E-state index in [0.29, 0.717) is 25.2 Å². The SMILES string of the molecule is CCc1cccc(CC)c1-n1nc2c(c1-c1cc(F)c(NC(N)=O)cc1F)CN(Cc1cc(OC)ccc1C)CC2. The minimum Gasteiger partial charge on any atom is -0.497 e. The molecule has 9 heteroatoms. The third kappa shape index (κ3) is 5.54. The lowest BCUT2D eigenvalue weighted by Gasteiger charge is -2.27. The molecular weight excluding hydrogens is 524 g/mol. The average molecular weight is 560 g/mol. The predicted molar refractivity (Wildman–Crippen MR) is 156 cm³/mol. The van der Waals surface area contributed by atoms with E-state index in [1.807, 2.05) is 41.1 Å². The molecule has 0 saturated heterocycles. The highest BCUT2D eigenvalue weighted by Crippen LogP contribution is 2.38. The molecule has 5 rings (SSSR count). The van der Waals surface area contributed by atoms with Crippen molar-refractivity contribution in [1.29, 1.82) is 0 Å². The van der Waals surface area contributed by atoms with Gasteiger partial charge in [0, 0.05) is 43.2 Å². The number of nitrogens with two attached hydrogens (primary N) is 1. The van der Waals surface area contributed by atoms with Crippen LogP contribution < -0.4 is 15.8 Å². The molecule has 0 bridgehead atoms. The van der Waals surface area contributed by atoms with Crippen molar-refractivity contribution in [3.05, 3.63) is 93.7 Å². The summed E-state index contributed by atoms with van der Waals surface area (Å²) in [6.45, 7) is 8.18. The topological polar surface area (TPSA) is 85.4 Å². The number of hydrogen-bond acceptors (Lipinski definition) is 4. The molecule has 0 aliphatic carbocycles. The summed E-state index contributed by atoms with van der Waals surface area (Å²) in [6.07, 6.45) is 2.18. The maximum atomic E-state index is 15.8. The Hall–Kier alpha value is -4.24. The lowest BCUT2D eigenvalue weighted by Crippen LogP contribution is -2.30. The van der Waals surface area contributed by atoms with Crippen LogP contribution in [0.25, 0.3) is 16.9 Å². The summed E-state index contributed by atoms with van der Waals surface area (Å²) < 4.78 is 38.3. The third-order valence-electron chi connectivity index (χ3n) is 7.81. The number of carbonyl (C=O) groups excluding carboxylic acids is 1. The van der Waals surface area contributed by atoms with E-state index >= 15 is 8.78 Å². The van der Waals surface area contributed by atoms with Crippen molar-refractivity contribution in [2.75, 3.05) is 19.0 Å².